The van der Waals surface area contributed by atoms with Gasteiger partial charge in [0.15, 0.2) is 0 Å². The van der Waals surface area contributed by atoms with Gasteiger partial charge in [0.05, 0.1) is 49.2 Å². The molecular weight excluding hydrogens is 857 g/mol. The second-order valence-electron chi connectivity index (χ2n) is 19.7. The van der Waals surface area contributed by atoms with E-state index >= 15 is 0 Å². The first-order valence-corrected chi connectivity index (χ1v) is 24.1. The van der Waals surface area contributed by atoms with Crippen LogP contribution in [0.25, 0.3) is 44.5 Å². The third-order valence-electron chi connectivity index (χ3n) is 15.0. The first-order chi connectivity index (χ1) is 32.9. The van der Waals surface area contributed by atoms with Gasteiger partial charge in [-0.15, -0.1) is 0 Å². The van der Waals surface area contributed by atoms with Crippen LogP contribution in [0.3, 0.4) is 0 Å². The molecule has 68 heavy (non-hydrogen) atoms. The van der Waals surface area contributed by atoms with Crippen LogP contribution in [0.2, 0.25) is 0 Å². The lowest BCUT2D eigenvalue weighted by Gasteiger charge is -2.32. The van der Waals surface area contributed by atoms with Crippen LogP contribution in [0.4, 0.5) is 9.59 Å². The van der Waals surface area contributed by atoms with Crippen molar-refractivity contribution in [3.63, 3.8) is 0 Å². The number of likely N-dealkylation sites (tertiary alicyclic amines) is 2. The van der Waals surface area contributed by atoms with Crippen molar-refractivity contribution in [2.75, 3.05) is 20.8 Å². The molecule has 4 heterocycles. The van der Waals surface area contributed by atoms with E-state index in [1.807, 2.05) is 60.2 Å². The number of fused-ring (bicyclic) bond motifs is 6. The lowest BCUT2D eigenvalue weighted by molar-refractivity contribution is -0.137. The number of alkyl carbamates (subject to hydrolysis) is 2. The number of carbonyl (C=O) groups is 4. The Bertz CT molecular complexity index is 2870. The largest absolute Gasteiger partial charge is 0.453 e. The molecule has 4 aliphatic rings. The molecule has 4 aromatic carbocycles. The zero-order valence-corrected chi connectivity index (χ0v) is 39.5. The van der Waals surface area contributed by atoms with Crippen LogP contribution in [-0.4, -0.2) is 86.6 Å². The predicted octanol–water partition coefficient (Wildman–Crippen LogP) is 10.1. The maximum atomic E-state index is 14.2. The Morgan fingerprint density at radius 1 is 0.706 bits per heavy atom. The van der Waals surface area contributed by atoms with E-state index < -0.39 is 24.3 Å². The van der Waals surface area contributed by atoms with Gasteiger partial charge in [0.25, 0.3) is 5.91 Å². The summed E-state index contributed by atoms with van der Waals surface area (Å²) in [5, 5.41) is 5.52. The van der Waals surface area contributed by atoms with Gasteiger partial charge in [-0.3, -0.25) is 9.59 Å². The molecular formula is C54H60N8O6. The van der Waals surface area contributed by atoms with Crippen molar-refractivity contribution in [3.05, 3.63) is 119 Å². The van der Waals surface area contributed by atoms with E-state index in [1.165, 1.54) is 61.3 Å². The van der Waals surface area contributed by atoms with Gasteiger partial charge in [0, 0.05) is 12.6 Å². The van der Waals surface area contributed by atoms with Crippen LogP contribution >= 0.6 is 0 Å². The van der Waals surface area contributed by atoms with Crippen LogP contribution in [0, 0.1) is 11.8 Å². The summed E-state index contributed by atoms with van der Waals surface area (Å²) in [5.74, 6) is 2.30. The normalized spacial score (nSPS) is 22.6. The highest BCUT2D eigenvalue weighted by Gasteiger charge is 2.43. The molecule has 4 amide bonds. The molecule has 2 aliphatic carbocycles. The van der Waals surface area contributed by atoms with E-state index in [0.717, 1.165) is 58.8 Å². The number of imidazole rings is 2. The number of aromatic amines is 2. The molecule has 2 aromatic heterocycles. The number of hydrogen-bond donors (Lipinski definition) is 4. The summed E-state index contributed by atoms with van der Waals surface area (Å²) in [6.45, 7) is 8.59. The monoisotopic (exact) mass is 916 g/mol. The summed E-state index contributed by atoms with van der Waals surface area (Å²) in [6.07, 6.45) is 6.48. The number of nitrogens with one attached hydrogen (secondary N) is 4. The third-order valence-corrected chi connectivity index (χ3v) is 15.0. The number of aromatic nitrogens is 4. The molecule has 352 valence electrons. The van der Waals surface area contributed by atoms with Gasteiger partial charge < -0.3 is 39.9 Å². The second kappa shape index (κ2) is 18.3. The number of ether oxygens (including phenoxy) is 2. The van der Waals surface area contributed by atoms with E-state index in [2.05, 4.69) is 89.0 Å². The lowest BCUT2D eigenvalue weighted by Crippen LogP contribution is -2.52. The molecule has 1 saturated carbocycles. The minimum Gasteiger partial charge on any atom is -0.453 e. The van der Waals surface area contributed by atoms with Gasteiger partial charge in [-0.1, -0.05) is 93.6 Å². The third kappa shape index (κ3) is 8.17. The number of nitrogens with zero attached hydrogens (tertiary/aromatic N) is 4. The first kappa shape index (κ1) is 44.9. The number of amides is 4. The Morgan fingerprint density at radius 3 is 2.06 bits per heavy atom. The van der Waals surface area contributed by atoms with Crippen LogP contribution in [0.15, 0.2) is 91.1 Å². The zero-order chi connectivity index (χ0) is 47.4. The Balaban J connectivity index is 0.894. The van der Waals surface area contributed by atoms with E-state index in [4.69, 9.17) is 19.4 Å². The molecule has 14 nitrogen and oxygen atoms in total. The van der Waals surface area contributed by atoms with Crippen molar-refractivity contribution in [1.29, 1.82) is 0 Å². The SMILES string of the molecule is COC(=O)N[C@H](C(=O)N1[C@@H](C)CC[C@H]1c1nc2ccc(-c3ccc(-c4ccc(-c5cnc(C6C[C@H](C)CN6C(=O)[C@H](NC(=O)OC)c6ccccc6)[nH]5)cc4)c4c3C3CCC4C3)cc2[nH]1)C(C)C. The van der Waals surface area contributed by atoms with Gasteiger partial charge in [0.2, 0.25) is 5.91 Å². The topological polar surface area (TPSA) is 175 Å². The number of methoxy groups -OCH3 is 2. The number of carbonyl (C=O) groups excluding carboxylic acids is 4. The highest BCUT2D eigenvalue weighted by molar-refractivity contribution is 5.89. The zero-order valence-electron chi connectivity index (χ0n) is 39.5. The predicted molar refractivity (Wildman–Crippen MR) is 259 cm³/mol. The van der Waals surface area contributed by atoms with Gasteiger partial charge in [-0.25, -0.2) is 19.6 Å². The average Bonchev–Trinajstić information content (AvgIpc) is 4.23. The summed E-state index contributed by atoms with van der Waals surface area (Å²) >= 11 is 0. The molecule has 2 bridgehead atoms. The fourth-order valence-electron chi connectivity index (χ4n) is 11.7. The fraction of sp³-hybridized carbons (Fsp3) is 0.407. The quantitative estimate of drug-likeness (QED) is 0.0994. The van der Waals surface area contributed by atoms with E-state index in [-0.39, 0.29) is 41.8 Å². The highest BCUT2D eigenvalue weighted by atomic mass is 16.5. The van der Waals surface area contributed by atoms with Gasteiger partial charge in [-0.2, -0.15) is 0 Å². The average molecular weight is 917 g/mol. The van der Waals surface area contributed by atoms with Crippen molar-refractivity contribution in [2.45, 2.75) is 108 Å². The number of rotatable bonds is 11. The van der Waals surface area contributed by atoms with Crippen LogP contribution in [0.1, 0.15) is 125 Å². The van der Waals surface area contributed by atoms with Crippen LogP contribution in [-0.2, 0) is 19.1 Å². The van der Waals surface area contributed by atoms with E-state index in [9.17, 15) is 19.2 Å². The summed E-state index contributed by atoms with van der Waals surface area (Å²) < 4.78 is 9.74. The minimum atomic E-state index is -0.891. The second-order valence-corrected chi connectivity index (χ2v) is 19.7. The summed E-state index contributed by atoms with van der Waals surface area (Å²) in [7, 11) is 2.60. The van der Waals surface area contributed by atoms with Crippen LogP contribution in [0.5, 0.6) is 0 Å². The lowest BCUT2D eigenvalue weighted by atomic mass is 9.81. The summed E-state index contributed by atoms with van der Waals surface area (Å²) in [6, 6.07) is 26.9. The maximum Gasteiger partial charge on any atom is 0.407 e. The van der Waals surface area contributed by atoms with E-state index in [1.54, 1.807) is 0 Å². The van der Waals surface area contributed by atoms with Crippen molar-refractivity contribution < 1.29 is 28.7 Å². The fourth-order valence-corrected chi connectivity index (χ4v) is 11.7. The molecule has 4 N–H and O–H groups in total. The molecule has 14 heteroatoms. The van der Waals surface area contributed by atoms with Gasteiger partial charge in [-0.05, 0) is 126 Å². The number of hydrogen-bond acceptors (Lipinski definition) is 8. The number of benzene rings is 4. The highest BCUT2D eigenvalue weighted by Crippen LogP contribution is 2.58. The van der Waals surface area contributed by atoms with Crippen molar-refractivity contribution in [3.8, 4) is 33.5 Å². The molecule has 8 atom stereocenters. The van der Waals surface area contributed by atoms with Crippen molar-refractivity contribution >= 4 is 35.0 Å². The standard InChI is InChI=1S/C54H60N8O6/c1-29(2)47(59-53(65)67-5)52(64)62-31(4)12-23-43(62)50-56-40-22-19-35(26-41(40)57-50)39-21-20-38(45-36-17-18-37(25-36)46(39)45)32-13-15-33(16-14-32)42-27-55-49(58-42)44-24-30(3)28-61(44)51(63)48(60-54(66)68-6)34-10-8-7-9-11-34/h7-11,13-16,19-22,26-27,29-31,36-37,43-44,47-48H,12,17-18,23-25,28H2,1-6H3,(H,55,58)(H,56,57)(H,59,65)(H,60,66)/t30-,31-,36?,37?,43-,44?,47-,48+/m0/s1. The Morgan fingerprint density at radius 2 is 1.37 bits per heavy atom. The molecule has 6 aromatic rings. The molecule has 2 aliphatic heterocycles. The van der Waals surface area contributed by atoms with Gasteiger partial charge >= 0.3 is 12.2 Å². The summed E-state index contributed by atoms with van der Waals surface area (Å²) in [5.41, 5.74) is 12.1. The van der Waals surface area contributed by atoms with Crippen molar-refractivity contribution in [2.24, 2.45) is 11.8 Å². The van der Waals surface area contributed by atoms with E-state index in [0.29, 0.717) is 23.9 Å². The molecule has 3 unspecified atom stereocenters. The molecule has 0 spiro atoms. The molecule has 0 radical (unpaired) electrons. The molecule has 3 fully saturated rings. The number of H-pyrrole nitrogens is 2. The van der Waals surface area contributed by atoms with Crippen LogP contribution < -0.4 is 10.6 Å². The summed E-state index contributed by atoms with van der Waals surface area (Å²) in [4.78, 5) is 73.5. The molecule has 2 saturated heterocycles. The van der Waals surface area contributed by atoms with Crippen molar-refractivity contribution in [1.82, 2.24) is 40.4 Å². The Hall–Kier alpha value is -6.96. The first-order valence-electron chi connectivity index (χ1n) is 24.1. The maximum absolute atomic E-state index is 14.2. The minimum absolute atomic E-state index is 0.00206. The Kier molecular flexibility index (Phi) is 12.0. The van der Waals surface area contributed by atoms with Gasteiger partial charge in [0.1, 0.15) is 23.7 Å². The Labute approximate surface area is 396 Å². The smallest absolute Gasteiger partial charge is 0.407 e. The molecule has 10 rings (SSSR count).